The Labute approximate surface area is 139 Å². The molecule has 0 aliphatic rings. The van der Waals surface area contributed by atoms with Crippen molar-refractivity contribution in [3.8, 4) is 5.75 Å². The highest BCUT2D eigenvalue weighted by atomic mass is 16.5. The molecule has 0 bridgehead atoms. The summed E-state index contributed by atoms with van der Waals surface area (Å²) in [5.41, 5.74) is 2.14. The van der Waals surface area contributed by atoms with Crippen LogP contribution in [0.3, 0.4) is 0 Å². The molecule has 0 aliphatic heterocycles. The molecule has 0 saturated carbocycles. The van der Waals surface area contributed by atoms with Gasteiger partial charge in [-0.15, -0.1) is 0 Å². The first-order valence-electron chi connectivity index (χ1n) is 7.68. The SMILES string of the molecule is COc1cccc(C(O)CNC(=O)c2oc3ccccc3c2C)c1. The van der Waals surface area contributed by atoms with Crippen molar-refractivity contribution >= 4 is 16.9 Å². The van der Waals surface area contributed by atoms with Crippen LogP contribution in [0.2, 0.25) is 0 Å². The number of benzene rings is 2. The van der Waals surface area contributed by atoms with E-state index in [4.69, 9.17) is 9.15 Å². The zero-order chi connectivity index (χ0) is 17.1. The van der Waals surface area contributed by atoms with Crippen molar-refractivity contribution in [3.05, 3.63) is 65.4 Å². The predicted octanol–water partition coefficient (Wildman–Crippen LogP) is 3.21. The highest BCUT2D eigenvalue weighted by molar-refractivity contribution is 5.98. The maximum absolute atomic E-state index is 12.4. The maximum Gasteiger partial charge on any atom is 0.287 e. The highest BCUT2D eigenvalue weighted by Crippen LogP contribution is 2.25. The third-order valence-corrected chi connectivity index (χ3v) is 3.98. The van der Waals surface area contributed by atoms with E-state index in [9.17, 15) is 9.90 Å². The van der Waals surface area contributed by atoms with Gasteiger partial charge in [-0.1, -0.05) is 30.3 Å². The lowest BCUT2D eigenvalue weighted by molar-refractivity contribution is 0.0890. The van der Waals surface area contributed by atoms with Gasteiger partial charge in [-0.05, 0) is 30.7 Å². The lowest BCUT2D eigenvalue weighted by atomic mass is 10.1. The summed E-state index contributed by atoms with van der Waals surface area (Å²) in [4.78, 5) is 12.4. The van der Waals surface area contributed by atoms with Crippen LogP contribution in [0.4, 0.5) is 0 Å². The Kier molecular flexibility index (Phi) is 4.53. The van der Waals surface area contributed by atoms with Crippen molar-refractivity contribution in [2.45, 2.75) is 13.0 Å². The summed E-state index contributed by atoms with van der Waals surface area (Å²) >= 11 is 0. The van der Waals surface area contributed by atoms with Crippen LogP contribution in [0.1, 0.15) is 27.8 Å². The summed E-state index contributed by atoms with van der Waals surface area (Å²) in [5.74, 6) is 0.589. The second-order valence-electron chi connectivity index (χ2n) is 5.55. The van der Waals surface area contributed by atoms with E-state index in [-0.39, 0.29) is 18.2 Å². The van der Waals surface area contributed by atoms with E-state index in [2.05, 4.69) is 5.32 Å². The minimum Gasteiger partial charge on any atom is -0.497 e. The van der Waals surface area contributed by atoms with Crippen molar-refractivity contribution in [3.63, 3.8) is 0 Å². The Hall–Kier alpha value is -2.79. The Morgan fingerprint density at radius 3 is 2.79 bits per heavy atom. The fraction of sp³-hybridized carbons (Fsp3) is 0.211. The molecule has 3 rings (SSSR count). The molecule has 0 aliphatic carbocycles. The number of hydrogen-bond donors (Lipinski definition) is 2. The van der Waals surface area contributed by atoms with E-state index in [1.807, 2.05) is 31.2 Å². The monoisotopic (exact) mass is 325 g/mol. The number of para-hydroxylation sites is 1. The normalized spacial score (nSPS) is 12.1. The van der Waals surface area contributed by atoms with Gasteiger partial charge in [0.25, 0.3) is 5.91 Å². The number of hydrogen-bond acceptors (Lipinski definition) is 4. The molecule has 5 heteroatoms. The molecule has 24 heavy (non-hydrogen) atoms. The van der Waals surface area contributed by atoms with Gasteiger partial charge in [0.15, 0.2) is 5.76 Å². The van der Waals surface area contributed by atoms with Gasteiger partial charge in [0, 0.05) is 17.5 Å². The fourth-order valence-corrected chi connectivity index (χ4v) is 2.63. The summed E-state index contributed by atoms with van der Waals surface area (Å²) in [7, 11) is 1.57. The van der Waals surface area contributed by atoms with Crippen molar-refractivity contribution in [1.82, 2.24) is 5.32 Å². The number of methoxy groups -OCH3 is 1. The van der Waals surface area contributed by atoms with Gasteiger partial charge in [0.05, 0.1) is 13.2 Å². The Bertz CT molecular complexity index is 869. The molecule has 0 spiro atoms. The second-order valence-corrected chi connectivity index (χ2v) is 5.55. The molecule has 124 valence electrons. The average molecular weight is 325 g/mol. The lowest BCUT2D eigenvalue weighted by Gasteiger charge is -2.12. The zero-order valence-corrected chi connectivity index (χ0v) is 13.6. The molecule has 5 nitrogen and oxygen atoms in total. The van der Waals surface area contributed by atoms with Crippen LogP contribution in [0.15, 0.2) is 52.9 Å². The Morgan fingerprint density at radius 1 is 1.25 bits per heavy atom. The summed E-state index contributed by atoms with van der Waals surface area (Å²) in [6.07, 6.45) is -0.825. The molecule has 1 aromatic heterocycles. The average Bonchev–Trinajstić information content (AvgIpc) is 2.96. The summed E-state index contributed by atoms with van der Waals surface area (Å²) in [5, 5.41) is 13.9. The van der Waals surface area contributed by atoms with Crippen LogP contribution < -0.4 is 10.1 Å². The predicted molar refractivity (Wildman–Crippen MR) is 91.2 cm³/mol. The van der Waals surface area contributed by atoms with E-state index in [1.165, 1.54) is 0 Å². The standard InChI is InChI=1S/C19H19NO4/c1-12-15-8-3-4-9-17(15)24-18(12)19(22)20-11-16(21)13-6-5-7-14(10-13)23-2/h3-10,16,21H,11H2,1-2H3,(H,20,22). The van der Waals surface area contributed by atoms with E-state index >= 15 is 0 Å². The number of ether oxygens (including phenoxy) is 1. The summed E-state index contributed by atoms with van der Waals surface area (Å²) in [6.45, 7) is 1.93. The minimum atomic E-state index is -0.825. The molecule has 2 aromatic carbocycles. The maximum atomic E-state index is 12.4. The first-order chi connectivity index (χ1) is 11.6. The molecular weight excluding hydrogens is 306 g/mol. The molecule has 1 heterocycles. The number of amides is 1. The molecule has 1 unspecified atom stereocenters. The van der Waals surface area contributed by atoms with Crippen molar-refractivity contribution in [1.29, 1.82) is 0 Å². The number of carbonyl (C=O) groups excluding carboxylic acids is 1. The van der Waals surface area contributed by atoms with Crippen molar-refractivity contribution in [2.75, 3.05) is 13.7 Å². The van der Waals surface area contributed by atoms with Gasteiger partial charge >= 0.3 is 0 Å². The molecule has 0 fully saturated rings. The van der Waals surface area contributed by atoms with E-state index in [0.717, 1.165) is 10.9 Å². The third-order valence-electron chi connectivity index (χ3n) is 3.98. The number of aliphatic hydroxyl groups excluding tert-OH is 1. The number of carbonyl (C=O) groups is 1. The number of aliphatic hydroxyl groups is 1. The number of fused-ring (bicyclic) bond motifs is 1. The third kappa shape index (κ3) is 3.12. The summed E-state index contributed by atoms with van der Waals surface area (Å²) in [6, 6.07) is 14.6. The van der Waals surface area contributed by atoms with Crippen LogP contribution in [-0.2, 0) is 0 Å². The molecule has 0 saturated heterocycles. The smallest absolute Gasteiger partial charge is 0.287 e. The van der Waals surface area contributed by atoms with Crippen LogP contribution >= 0.6 is 0 Å². The van der Waals surface area contributed by atoms with E-state index in [1.54, 1.807) is 31.4 Å². The Morgan fingerprint density at radius 2 is 2.04 bits per heavy atom. The largest absolute Gasteiger partial charge is 0.497 e. The minimum absolute atomic E-state index is 0.0858. The fourth-order valence-electron chi connectivity index (χ4n) is 2.63. The molecule has 0 radical (unpaired) electrons. The molecule has 1 amide bonds. The quantitative estimate of drug-likeness (QED) is 0.755. The van der Waals surface area contributed by atoms with Crippen LogP contribution in [0.5, 0.6) is 5.75 Å². The number of nitrogens with one attached hydrogen (secondary N) is 1. The van der Waals surface area contributed by atoms with Crippen LogP contribution in [-0.4, -0.2) is 24.7 Å². The van der Waals surface area contributed by atoms with Gasteiger partial charge in [-0.2, -0.15) is 0 Å². The van der Waals surface area contributed by atoms with Gasteiger partial charge in [-0.3, -0.25) is 4.79 Å². The number of aryl methyl sites for hydroxylation is 1. The topological polar surface area (TPSA) is 71.7 Å². The van der Waals surface area contributed by atoms with Gasteiger partial charge < -0.3 is 19.6 Å². The van der Waals surface area contributed by atoms with Gasteiger partial charge in [-0.25, -0.2) is 0 Å². The summed E-state index contributed by atoms with van der Waals surface area (Å²) < 4.78 is 10.8. The molecular formula is C19H19NO4. The first-order valence-corrected chi connectivity index (χ1v) is 7.68. The van der Waals surface area contributed by atoms with Crippen molar-refractivity contribution in [2.24, 2.45) is 0 Å². The number of rotatable bonds is 5. The first kappa shape index (κ1) is 16.1. The lowest BCUT2D eigenvalue weighted by Crippen LogP contribution is -2.28. The number of furan rings is 1. The molecule has 2 N–H and O–H groups in total. The molecule has 1 atom stereocenters. The highest BCUT2D eigenvalue weighted by Gasteiger charge is 2.18. The van der Waals surface area contributed by atoms with E-state index < -0.39 is 6.10 Å². The second kappa shape index (κ2) is 6.76. The van der Waals surface area contributed by atoms with Crippen LogP contribution in [0, 0.1) is 6.92 Å². The van der Waals surface area contributed by atoms with Crippen molar-refractivity contribution < 1.29 is 19.1 Å². The van der Waals surface area contributed by atoms with Gasteiger partial charge in [0.1, 0.15) is 11.3 Å². The van der Waals surface area contributed by atoms with Gasteiger partial charge in [0.2, 0.25) is 0 Å². The zero-order valence-electron chi connectivity index (χ0n) is 13.6. The van der Waals surface area contributed by atoms with Crippen LogP contribution in [0.25, 0.3) is 11.0 Å². The Balaban J connectivity index is 1.71. The van der Waals surface area contributed by atoms with E-state index in [0.29, 0.717) is 16.9 Å². The molecule has 3 aromatic rings.